The lowest BCUT2D eigenvalue weighted by Gasteiger charge is -2.15. The first-order valence-electron chi connectivity index (χ1n) is 7.86. The molecule has 3 aromatic rings. The number of nitrogens with zero attached hydrogens (tertiary/aromatic N) is 3. The molecule has 0 saturated heterocycles. The van der Waals surface area contributed by atoms with E-state index in [0.29, 0.717) is 26.7 Å². The molecular weight excluding hydrogens is 378 g/mol. The third-order valence-electron chi connectivity index (χ3n) is 3.81. The Morgan fingerprint density at radius 3 is 2.81 bits per heavy atom. The molecule has 2 aromatic heterocycles. The van der Waals surface area contributed by atoms with Gasteiger partial charge in [0, 0.05) is 12.6 Å². The van der Waals surface area contributed by atoms with Gasteiger partial charge in [-0.25, -0.2) is 0 Å². The summed E-state index contributed by atoms with van der Waals surface area (Å²) in [5.74, 6) is -0.531. The Hall–Kier alpha value is -2.45. The number of halogens is 1. The first-order valence-corrected chi connectivity index (χ1v) is 9.06. The van der Waals surface area contributed by atoms with Crippen LogP contribution in [0.15, 0.2) is 29.1 Å². The van der Waals surface area contributed by atoms with Crippen LogP contribution in [0.1, 0.15) is 30.8 Å². The van der Waals surface area contributed by atoms with Gasteiger partial charge in [0.2, 0.25) is 0 Å². The molecule has 26 heavy (non-hydrogen) atoms. The minimum Gasteiger partial charge on any atom is -0.483 e. The highest BCUT2D eigenvalue weighted by Crippen LogP contribution is 2.34. The van der Waals surface area contributed by atoms with Gasteiger partial charge in [0.05, 0.1) is 27.4 Å². The van der Waals surface area contributed by atoms with Crippen LogP contribution in [0.4, 0.5) is 0 Å². The van der Waals surface area contributed by atoms with E-state index in [0.717, 1.165) is 17.0 Å². The lowest BCUT2D eigenvalue weighted by Crippen LogP contribution is -2.15. The number of ether oxygens (including phenoxy) is 1. The van der Waals surface area contributed by atoms with Crippen molar-refractivity contribution in [3.63, 3.8) is 0 Å². The average Bonchev–Trinajstić information content (AvgIpc) is 2.88. The van der Waals surface area contributed by atoms with E-state index in [9.17, 15) is 9.59 Å². The number of fused-ring (bicyclic) bond motifs is 1. The molecular formula is C17H16ClN3O4S. The molecule has 2 heterocycles. The van der Waals surface area contributed by atoms with Gasteiger partial charge < -0.3 is 9.84 Å². The molecule has 3 rings (SSSR count). The second-order valence-corrected chi connectivity index (χ2v) is 7.17. The smallest absolute Gasteiger partial charge is 0.308 e. The number of rotatable bonds is 6. The number of benzene rings is 1. The summed E-state index contributed by atoms with van der Waals surface area (Å²) in [6, 6.07) is 7.00. The number of carboxylic acid groups (broad SMARTS) is 1. The summed E-state index contributed by atoms with van der Waals surface area (Å²) in [6.07, 6.45) is -0.506. The van der Waals surface area contributed by atoms with E-state index in [1.165, 1.54) is 4.57 Å². The maximum absolute atomic E-state index is 12.1. The van der Waals surface area contributed by atoms with Gasteiger partial charge >= 0.3 is 10.8 Å². The van der Waals surface area contributed by atoms with Crippen LogP contribution >= 0.6 is 22.9 Å². The molecule has 1 aromatic carbocycles. The molecule has 0 saturated carbocycles. The molecule has 136 valence electrons. The second kappa shape index (κ2) is 7.43. The van der Waals surface area contributed by atoms with Crippen molar-refractivity contribution in [2.24, 2.45) is 0 Å². The van der Waals surface area contributed by atoms with Crippen LogP contribution in [0.2, 0.25) is 5.02 Å². The summed E-state index contributed by atoms with van der Waals surface area (Å²) >= 11 is 7.34. The Bertz CT molecular complexity index is 1010. The standard InChI is InChI=1S/C17H16ClN3O4S/c1-9-3-4-12(20-19-9)10(2)25-14-8-15-13(7-11(14)18)21(17(24)26-15)6-5-16(22)23/h3-4,7-8,10H,5-6H2,1-2H3,(H,22,23)/t10-/m1/s1. The van der Waals surface area contributed by atoms with E-state index >= 15 is 0 Å². The van der Waals surface area contributed by atoms with Crippen LogP contribution in [-0.2, 0) is 11.3 Å². The van der Waals surface area contributed by atoms with Crippen LogP contribution < -0.4 is 9.61 Å². The third-order valence-corrected chi connectivity index (χ3v) is 5.05. The van der Waals surface area contributed by atoms with E-state index < -0.39 is 5.97 Å². The number of aryl methyl sites for hydroxylation is 2. The predicted molar refractivity (Wildman–Crippen MR) is 99.2 cm³/mol. The first kappa shape index (κ1) is 18.3. The van der Waals surface area contributed by atoms with E-state index in [-0.39, 0.29) is 23.9 Å². The Kier molecular flexibility index (Phi) is 5.24. The summed E-state index contributed by atoms with van der Waals surface area (Å²) in [5.41, 5.74) is 2.08. The molecule has 0 spiro atoms. The molecule has 1 N–H and O–H groups in total. The number of carboxylic acids is 1. The maximum atomic E-state index is 12.1. The highest BCUT2D eigenvalue weighted by Gasteiger charge is 2.16. The zero-order valence-electron chi connectivity index (χ0n) is 14.1. The van der Waals surface area contributed by atoms with Crippen molar-refractivity contribution in [3.8, 4) is 5.75 Å². The molecule has 0 aliphatic heterocycles. The summed E-state index contributed by atoms with van der Waals surface area (Å²) < 4.78 is 7.99. The average molecular weight is 394 g/mol. The fourth-order valence-corrected chi connectivity index (χ4v) is 3.58. The second-order valence-electron chi connectivity index (χ2n) is 5.77. The van der Waals surface area contributed by atoms with Gasteiger partial charge in [0.25, 0.3) is 0 Å². The minimum atomic E-state index is -0.963. The van der Waals surface area contributed by atoms with Crippen molar-refractivity contribution in [2.45, 2.75) is 32.9 Å². The normalized spacial score (nSPS) is 12.3. The first-order chi connectivity index (χ1) is 12.3. The van der Waals surface area contributed by atoms with Crippen LogP contribution in [0.25, 0.3) is 10.2 Å². The highest BCUT2D eigenvalue weighted by molar-refractivity contribution is 7.16. The lowest BCUT2D eigenvalue weighted by molar-refractivity contribution is -0.137. The van der Waals surface area contributed by atoms with Crippen molar-refractivity contribution in [1.82, 2.24) is 14.8 Å². The van der Waals surface area contributed by atoms with Gasteiger partial charge in [-0.2, -0.15) is 10.2 Å². The molecule has 1 atom stereocenters. The number of hydrogen-bond donors (Lipinski definition) is 1. The Balaban J connectivity index is 1.90. The van der Waals surface area contributed by atoms with Crippen molar-refractivity contribution < 1.29 is 14.6 Å². The fourth-order valence-electron chi connectivity index (χ4n) is 2.45. The third kappa shape index (κ3) is 3.86. The van der Waals surface area contributed by atoms with Crippen LogP contribution in [0.5, 0.6) is 5.75 Å². The summed E-state index contributed by atoms with van der Waals surface area (Å²) in [6.45, 7) is 3.78. The van der Waals surface area contributed by atoms with Crippen LogP contribution in [0.3, 0.4) is 0 Å². The number of carbonyl (C=O) groups is 1. The largest absolute Gasteiger partial charge is 0.483 e. The molecule has 9 heteroatoms. The molecule has 0 aliphatic rings. The van der Waals surface area contributed by atoms with E-state index in [4.69, 9.17) is 21.4 Å². The number of aromatic nitrogens is 3. The zero-order valence-corrected chi connectivity index (χ0v) is 15.7. The van der Waals surface area contributed by atoms with Gasteiger partial charge in [-0.1, -0.05) is 22.9 Å². The number of aliphatic carboxylic acids is 1. The zero-order chi connectivity index (χ0) is 18.8. The van der Waals surface area contributed by atoms with Gasteiger partial charge in [0.1, 0.15) is 17.5 Å². The molecule has 0 radical (unpaired) electrons. The molecule has 0 bridgehead atoms. The predicted octanol–water partition coefficient (Wildman–Crippen LogP) is 3.43. The molecule has 0 amide bonds. The Morgan fingerprint density at radius 1 is 1.38 bits per heavy atom. The van der Waals surface area contributed by atoms with Crippen molar-refractivity contribution in [1.29, 1.82) is 0 Å². The topological polar surface area (TPSA) is 94.3 Å². The van der Waals surface area contributed by atoms with E-state index in [1.807, 2.05) is 26.0 Å². The van der Waals surface area contributed by atoms with Gasteiger partial charge in [-0.3, -0.25) is 14.2 Å². The van der Waals surface area contributed by atoms with Crippen molar-refractivity contribution in [3.05, 3.63) is 50.3 Å². The van der Waals surface area contributed by atoms with Gasteiger partial charge in [0.15, 0.2) is 0 Å². The SMILES string of the molecule is Cc1ccc([C@@H](C)Oc2cc3sc(=O)n(CCC(=O)O)c3cc2Cl)nn1. The Labute approximate surface area is 157 Å². The summed E-state index contributed by atoms with van der Waals surface area (Å²) in [7, 11) is 0. The molecule has 7 nitrogen and oxygen atoms in total. The number of thiazole rings is 1. The van der Waals surface area contributed by atoms with E-state index in [1.54, 1.807) is 12.1 Å². The Morgan fingerprint density at radius 2 is 2.15 bits per heavy atom. The summed E-state index contributed by atoms with van der Waals surface area (Å²) in [4.78, 5) is 22.7. The lowest BCUT2D eigenvalue weighted by atomic mass is 10.2. The minimum absolute atomic E-state index is 0.0973. The van der Waals surface area contributed by atoms with Crippen LogP contribution in [0, 0.1) is 6.92 Å². The quantitative estimate of drug-likeness (QED) is 0.689. The molecule has 0 aliphatic carbocycles. The maximum Gasteiger partial charge on any atom is 0.308 e. The monoisotopic (exact) mass is 393 g/mol. The highest BCUT2D eigenvalue weighted by atomic mass is 35.5. The molecule has 0 fully saturated rings. The van der Waals surface area contributed by atoms with Gasteiger partial charge in [-0.15, -0.1) is 0 Å². The fraction of sp³-hybridized carbons (Fsp3) is 0.294. The summed E-state index contributed by atoms with van der Waals surface area (Å²) in [5, 5.41) is 17.3. The van der Waals surface area contributed by atoms with Crippen LogP contribution in [-0.4, -0.2) is 25.8 Å². The van der Waals surface area contributed by atoms with E-state index in [2.05, 4.69) is 10.2 Å². The molecule has 0 unspecified atom stereocenters. The number of hydrogen-bond acceptors (Lipinski definition) is 6. The van der Waals surface area contributed by atoms with Gasteiger partial charge in [-0.05, 0) is 32.0 Å². The van der Waals surface area contributed by atoms with Crippen molar-refractivity contribution >= 4 is 39.1 Å². The van der Waals surface area contributed by atoms with Crippen molar-refractivity contribution in [2.75, 3.05) is 0 Å².